The predicted octanol–water partition coefficient (Wildman–Crippen LogP) is 1.82. The zero-order chi connectivity index (χ0) is 16.4. The second-order valence-corrected chi connectivity index (χ2v) is 5.01. The Morgan fingerprint density at radius 1 is 1.27 bits per heavy atom. The molecule has 1 aliphatic heterocycles. The first kappa shape index (κ1) is 16.3. The van der Waals surface area contributed by atoms with E-state index < -0.39 is 36.7 Å². The van der Waals surface area contributed by atoms with Gasteiger partial charge in [0.15, 0.2) is 5.54 Å². The monoisotopic (exact) mass is 317 g/mol. The van der Waals surface area contributed by atoms with Gasteiger partial charge >= 0.3 is 18.1 Å². The van der Waals surface area contributed by atoms with Crippen LogP contribution >= 0.6 is 0 Å². The normalized spacial score (nSPS) is 21.6. The van der Waals surface area contributed by atoms with Crippen LogP contribution in [0.15, 0.2) is 30.3 Å². The van der Waals surface area contributed by atoms with Crippen LogP contribution in [0.4, 0.5) is 13.2 Å². The quantitative estimate of drug-likeness (QED) is 0.920. The Labute approximate surface area is 124 Å². The van der Waals surface area contributed by atoms with Crippen molar-refractivity contribution in [3.63, 3.8) is 0 Å². The van der Waals surface area contributed by atoms with Crippen molar-refractivity contribution in [2.24, 2.45) is 0 Å². The van der Waals surface area contributed by atoms with Crippen LogP contribution in [-0.4, -0.2) is 46.8 Å². The summed E-state index contributed by atoms with van der Waals surface area (Å²) >= 11 is 0. The van der Waals surface area contributed by atoms with Crippen molar-refractivity contribution in [1.29, 1.82) is 0 Å². The van der Waals surface area contributed by atoms with E-state index >= 15 is 0 Å². The fourth-order valence-corrected chi connectivity index (χ4v) is 2.39. The maximum Gasteiger partial charge on any atom is 0.471 e. The number of benzene rings is 1. The standard InChI is InChI=1S/C14H14F3NO4/c15-14(16,17)11(19)18(8-10-4-2-1-3-5-10)13(12(20)21)6-7-22-9-13/h1-5H,6-9H2,(H,20,21). The van der Waals surface area contributed by atoms with Gasteiger partial charge in [0.25, 0.3) is 0 Å². The largest absolute Gasteiger partial charge is 0.479 e. The fourth-order valence-electron chi connectivity index (χ4n) is 2.39. The molecule has 1 aliphatic rings. The van der Waals surface area contributed by atoms with Gasteiger partial charge in [-0.05, 0) is 5.56 Å². The zero-order valence-electron chi connectivity index (χ0n) is 11.5. The summed E-state index contributed by atoms with van der Waals surface area (Å²) in [5.74, 6) is -3.68. The third-order valence-electron chi connectivity index (χ3n) is 3.59. The molecule has 5 nitrogen and oxygen atoms in total. The van der Waals surface area contributed by atoms with E-state index in [0.29, 0.717) is 10.5 Å². The molecular weight excluding hydrogens is 303 g/mol. The smallest absolute Gasteiger partial charge is 0.471 e. The molecule has 22 heavy (non-hydrogen) atoms. The van der Waals surface area contributed by atoms with Crippen LogP contribution in [-0.2, 0) is 20.9 Å². The van der Waals surface area contributed by atoms with E-state index in [4.69, 9.17) is 4.74 Å². The first-order chi connectivity index (χ1) is 10.3. The summed E-state index contributed by atoms with van der Waals surface area (Å²) in [6.45, 7) is -0.922. The minimum atomic E-state index is -5.15. The van der Waals surface area contributed by atoms with Gasteiger partial charge in [0.2, 0.25) is 0 Å². The number of carbonyl (C=O) groups excluding carboxylic acids is 1. The van der Waals surface area contributed by atoms with Crippen LogP contribution in [0, 0.1) is 0 Å². The Morgan fingerprint density at radius 2 is 1.91 bits per heavy atom. The molecular formula is C14H14F3NO4. The van der Waals surface area contributed by atoms with Crippen LogP contribution in [0.25, 0.3) is 0 Å². The predicted molar refractivity (Wildman–Crippen MR) is 68.8 cm³/mol. The number of amides is 1. The Kier molecular flexibility index (Phi) is 4.41. The molecule has 0 aromatic heterocycles. The van der Waals surface area contributed by atoms with Gasteiger partial charge in [-0.15, -0.1) is 0 Å². The summed E-state index contributed by atoms with van der Waals surface area (Å²) in [5, 5.41) is 9.39. The molecule has 1 amide bonds. The molecule has 0 saturated carbocycles. The third-order valence-corrected chi connectivity index (χ3v) is 3.59. The number of hydrogen-bond acceptors (Lipinski definition) is 3. The molecule has 2 rings (SSSR count). The van der Waals surface area contributed by atoms with E-state index in [-0.39, 0.29) is 13.0 Å². The lowest BCUT2D eigenvalue weighted by Crippen LogP contribution is -2.60. The van der Waals surface area contributed by atoms with E-state index in [1.807, 2.05) is 0 Å². The zero-order valence-corrected chi connectivity index (χ0v) is 11.5. The number of halogens is 3. The van der Waals surface area contributed by atoms with Gasteiger partial charge < -0.3 is 14.7 Å². The number of ether oxygens (including phenoxy) is 1. The fraction of sp³-hybridized carbons (Fsp3) is 0.429. The Morgan fingerprint density at radius 3 is 2.36 bits per heavy atom. The highest BCUT2D eigenvalue weighted by Gasteiger charge is 2.55. The van der Waals surface area contributed by atoms with Crippen LogP contribution in [0.1, 0.15) is 12.0 Å². The minimum absolute atomic E-state index is 0.0112. The molecule has 1 unspecified atom stereocenters. The first-order valence-corrected chi connectivity index (χ1v) is 6.51. The highest BCUT2D eigenvalue weighted by atomic mass is 19.4. The lowest BCUT2D eigenvalue weighted by atomic mass is 9.95. The summed E-state index contributed by atoms with van der Waals surface area (Å²) in [6, 6.07) is 7.93. The van der Waals surface area contributed by atoms with Crippen molar-refractivity contribution in [3.05, 3.63) is 35.9 Å². The topological polar surface area (TPSA) is 66.8 Å². The van der Waals surface area contributed by atoms with E-state index in [1.165, 1.54) is 12.1 Å². The number of carboxylic acids is 1. The summed E-state index contributed by atoms with van der Waals surface area (Å²) in [6.07, 6.45) is -5.34. The lowest BCUT2D eigenvalue weighted by Gasteiger charge is -2.37. The molecule has 1 heterocycles. The van der Waals surface area contributed by atoms with Crippen molar-refractivity contribution in [2.75, 3.05) is 13.2 Å². The molecule has 0 aliphatic carbocycles. The molecule has 0 radical (unpaired) electrons. The molecule has 0 spiro atoms. The number of rotatable bonds is 4. The molecule has 1 fully saturated rings. The molecule has 120 valence electrons. The molecule has 1 aromatic rings. The van der Waals surface area contributed by atoms with Crippen molar-refractivity contribution >= 4 is 11.9 Å². The van der Waals surface area contributed by atoms with Gasteiger partial charge in [-0.2, -0.15) is 13.2 Å². The Balaban J connectivity index is 2.41. The van der Waals surface area contributed by atoms with Gasteiger partial charge in [-0.25, -0.2) is 4.79 Å². The minimum Gasteiger partial charge on any atom is -0.479 e. The van der Waals surface area contributed by atoms with Gasteiger partial charge in [-0.3, -0.25) is 4.79 Å². The highest BCUT2D eigenvalue weighted by Crippen LogP contribution is 2.32. The maximum absolute atomic E-state index is 12.9. The summed E-state index contributed by atoms with van der Waals surface area (Å²) < 4.78 is 43.6. The van der Waals surface area contributed by atoms with Gasteiger partial charge in [0.05, 0.1) is 6.61 Å². The second-order valence-electron chi connectivity index (χ2n) is 5.01. The van der Waals surface area contributed by atoms with Crippen LogP contribution in [0.2, 0.25) is 0 Å². The molecule has 1 N–H and O–H groups in total. The number of carbonyl (C=O) groups is 2. The van der Waals surface area contributed by atoms with Crippen molar-refractivity contribution in [1.82, 2.24) is 4.90 Å². The van der Waals surface area contributed by atoms with E-state index in [9.17, 15) is 27.9 Å². The molecule has 1 atom stereocenters. The Bertz CT molecular complexity index is 553. The van der Waals surface area contributed by atoms with Gasteiger partial charge in [-0.1, -0.05) is 30.3 Å². The van der Waals surface area contributed by atoms with Crippen molar-refractivity contribution in [2.45, 2.75) is 24.7 Å². The first-order valence-electron chi connectivity index (χ1n) is 6.51. The molecule has 0 bridgehead atoms. The molecule has 1 aromatic carbocycles. The number of carboxylic acid groups (broad SMARTS) is 1. The van der Waals surface area contributed by atoms with Crippen LogP contribution in [0.5, 0.6) is 0 Å². The number of aliphatic carboxylic acids is 1. The van der Waals surface area contributed by atoms with Crippen LogP contribution < -0.4 is 0 Å². The number of hydrogen-bond donors (Lipinski definition) is 1. The van der Waals surface area contributed by atoms with E-state index in [1.54, 1.807) is 18.2 Å². The average Bonchev–Trinajstić information content (AvgIpc) is 2.95. The maximum atomic E-state index is 12.9. The molecule has 8 heteroatoms. The lowest BCUT2D eigenvalue weighted by molar-refractivity contribution is -0.196. The second kappa shape index (κ2) is 5.96. The van der Waals surface area contributed by atoms with Crippen molar-refractivity contribution < 1.29 is 32.6 Å². The Hall–Kier alpha value is -2.09. The molecule has 1 saturated heterocycles. The van der Waals surface area contributed by atoms with Crippen LogP contribution in [0.3, 0.4) is 0 Å². The summed E-state index contributed by atoms with van der Waals surface area (Å²) in [5.41, 5.74) is -1.59. The average molecular weight is 317 g/mol. The number of nitrogens with zero attached hydrogens (tertiary/aromatic N) is 1. The third kappa shape index (κ3) is 3.06. The van der Waals surface area contributed by atoms with E-state index in [0.717, 1.165) is 0 Å². The van der Waals surface area contributed by atoms with Gasteiger partial charge in [0.1, 0.15) is 0 Å². The highest BCUT2D eigenvalue weighted by molar-refractivity contribution is 5.90. The summed E-state index contributed by atoms with van der Waals surface area (Å²) in [4.78, 5) is 23.7. The summed E-state index contributed by atoms with van der Waals surface area (Å²) in [7, 11) is 0. The van der Waals surface area contributed by atoms with Crippen molar-refractivity contribution in [3.8, 4) is 0 Å². The number of alkyl halides is 3. The van der Waals surface area contributed by atoms with E-state index in [2.05, 4.69) is 0 Å². The van der Waals surface area contributed by atoms with Gasteiger partial charge in [0, 0.05) is 19.6 Å². The SMILES string of the molecule is O=C(N(Cc1ccccc1)C1(C(=O)O)CCOC1)C(F)(F)F.